The zero-order valence-corrected chi connectivity index (χ0v) is 15.5. The number of ketones is 1. The number of hydrogen-bond donors (Lipinski definition) is 0. The van der Waals surface area contributed by atoms with E-state index in [0.29, 0.717) is 17.6 Å². The molecule has 0 spiro atoms. The molecule has 0 aromatic rings. The molecule has 3 atom stereocenters. The monoisotopic (exact) mass is 346 g/mol. The van der Waals surface area contributed by atoms with E-state index in [-0.39, 0.29) is 35.4 Å². The van der Waals surface area contributed by atoms with Crippen LogP contribution >= 0.6 is 0 Å². The van der Waals surface area contributed by atoms with Gasteiger partial charge in [0.25, 0.3) is 0 Å². The lowest BCUT2D eigenvalue weighted by Gasteiger charge is -2.13. The van der Waals surface area contributed by atoms with Gasteiger partial charge in [-0.1, -0.05) is 26.0 Å². The zero-order chi connectivity index (χ0) is 18.9. The van der Waals surface area contributed by atoms with Crippen LogP contribution in [-0.2, 0) is 23.9 Å². The Balaban J connectivity index is 2.08. The van der Waals surface area contributed by atoms with Crippen molar-refractivity contribution in [3.05, 3.63) is 35.5 Å². The molecule has 136 valence electrons. The van der Waals surface area contributed by atoms with Crippen LogP contribution in [0.3, 0.4) is 0 Å². The van der Waals surface area contributed by atoms with Crippen LogP contribution in [0.15, 0.2) is 35.5 Å². The van der Waals surface area contributed by atoms with Crippen molar-refractivity contribution < 1.29 is 23.9 Å². The molecule has 1 saturated carbocycles. The molecule has 5 heteroatoms. The van der Waals surface area contributed by atoms with Crippen molar-refractivity contribution >= 4 is 17.7 Å². The van der Waals surface area contributed by atoms with Crippen LogP contribution in [0.25, 0.3) is 0 Å². The summed E-state index contributed by atoms with van der Waals surface area (Å²) in [5, 5.41) is 0. The Morgan fingerprint density at radius 2 is 2.00 bits per heavy atom. The molecule has 2 aliphatic carbocycles. The molecule has 0 N–H and O–H groups in total. The molecular formula is C20H26O5. The van der Waals surface area contributed by atoms with E-state index in [2.05, 4.69) is 6.58 Å². The normalized spacial score (nSPS) is 28.0. The van der Waals surface area contributed by atoms with Crippen LogP contribution in [0.1, 0.15) is 40.5 Å². The lowest BCUT2D eigenvalue weighted by Crippen LogP contribution is -2.20. The minimum Gasteiger partial charge on any atom is -0.466 e. The maximum atomic E-state index is 12.6. The van der Waals surface area contributed by atoms with E-state index in [1.807, 2.05) is 20.8 Å². The highest BCUT2D eigenvalue weighted by Crippen LogP contribution is 2.60. The van der Waals surface area contributed by atoms with E-state index in [1.54, 1.807) is 19.1 Å². The van der Waals surface area contributed by atoms with Gasteiger partial charge in [0.15, 0.2) is 5.78 Å². The van der Waals surface area contributed by atoms with Crippen LogP contribution in [-0.4, -0.2) is 30.9 Å². The van der Waals surface area contributed by atoms with Crippen LogP contribution in [0.5, 0.6) is 0 Å². The quantitative estimate of drug-likeness (QED) is 0.420. The number of carbonyl (C=O) groups is 3. The Kier molecular flexibility index (Phi) is 5.35. The van der Waals surface area contributed by atoms with Crippen molar-refractivity contribution in [1.29, 1.82) is 0 Å². The van der Waals surface area contributed by atoms with Crippen molar-refractivity contribution in [2.75, 3.05) is 7.11 Å². The second kappa shape index (κ2) is 6.98. The molecule has 0 aliphatic heterocycles. The number of carbonyl (C=O) groups excluding carboxylic acids is 3. The van der Waals surface area contributed by atoms with Gasteiger partial charge in [-0.2, -0.15) is 0 Å². The van der Waals surface area contributed by atoms with E-state index in [0.717, 1.165) is 5.57 Å². The number of Topliss-reactive ketones (excluding diaryl/α,β-unsaturated/α-hetero) is 1. The Bertz CT molecular complexity index is 680. The van der Waals surface area contributed by atoms with Crippen molar-refractivity contribution in [3.8, 4) is 0 Å². The predicted molar refractivity (Wildman–Crippen MR) is 93.6 cm³/mol. The summed E-state index contributed by atoms with van der Waals surface area (Å²) >= 11 is 0. The molecule has 5 nitrogen and oxygen atoms in total. The summed E-state index contributed by atoms with van der Waals surface area (Å²) in [4.78, 5) is 36.2. The maximum Gasteiger partial charge on any atom is 0.333 e. The molecule has 0 amide bonds. The minimum absolute atomic E-state index is 0.0169. The summed E-state index contributed by atoms with van der Waals surface area (Å²) in [6.45, 7) is 11.1. The van der Waals surface area contributed by atoms with Gasteiger partial charge in [-0.25, -0.2) is 4.79 Å². The minimum atomic E-state index is -0.488. The molecule has 2 rings (SSSR count). The summed E-state index contributed by atoms with van der Waals surface area (Å²) in [6.07, 6.45) is 3.68. The molecule has 0 radical (unpaired) electrons. The van der Waals surface area contributed by atoms with Crippen LogP contribution in [0, 0.1) is 17.3 Å². The first kappa shape index (κ1) is 19.2. The first-order valence-electron chi connectivity index (χ1n) is 8.46. The standard InChI is InChI=1S/C20H26O5/c1-7-8-13-12(3)16(10-15(13)21)25-19(23)17-14(20(17,4)5)9-11(2)18(22)24-6/h7,9,14,16-17H,1,8,10H2,2-6H3/b11-9+/t14-,16+,17+/m1/s1. The van der Waals surface area contributed by atoms with Crippen LogP contribution in [0.2, 0.25) is 0 Å². The number of esters is 2. The topological polar surface area (TPSA) is 69.7 Å². The number of rotatable bonds is 6. The molecule has 0 aromatic carbocycles. The Morgan fingerprint density at radius 1 is 1.36 bits per heavy atom. The van der Waals surface area contributed by atoms with Crippen LogP contribution < -0.4 is 0 Å². The highest BCUT2D eigenvalue weighted by molar-refractivity contribution is 6.00. The highest BCUT2D eigenvalue weighted by atomic mass is 16.5. The molecule has 1 fully saturated rings. The van der Waals surface area contributed by atoms with Crippen molar-refractivity contribution in [3.63, 3.8) is 0 Å². The third-order valence-corrected chi connectivity index (χ3v) is 5.37. The lowest BCUT2D eigenvalue weighted by atomic mass is 10.1. The smallest absolute Gasteiger partial charge is 0.333 e. The van der Waals surface area contributed by atoms with Crippen LogP contribution in [0.4, 0.5) is 0 Å². The van der Waals surface area contributed by atoms with Gasteiger partial charge in [0.1, 0.15) is 6.10 Å². The number of hydrogen-bond acceptors (Lipinski definition) is 5. The van der Waals surface area contributed by atoms with Gasteiger partial charge in [-0.15, -0.1) is 6.58 Å². The molecule has 0 heterocycles. The number of ether oxygens (including phenoxy) is 2. The van der Waals surface area contributed by atoms with Crippen molar-refractivity contribution in [2.45, 2.75) is 46.6 Å². The van der Waals surface area contributed by atoms with Gasteiger partial charge < -0.3 is 9.47 Å². The summed E-state index contributed by atoms with van der Waals surface area (Å²) in [5.74, 6) is -1.10. The summed E-state index contributed by atoms with van der Waals surface area (Å²) < 4.78 is 10.3. The molecule has 0 saturated heterocycles. The third kappa shape index (κ3) is 3.60. The van der Waals surface area contributed by atoms with Gasteiger partial charge >= 0.3 is 11.9 Å². The van der Waals surface area contributed by atoms with E-state index < -0.39 is 12.1 Å². The molecule has 2 aliphatic rings. The second-order valence-electron chi connectivity index (χ2n) is 7.37. The molecule has 0 aromatic heterocycles. The van der Waals surface area contributed by atoms with Gasteiger partial charge in [0.2, 0.25) is 0 Å². The predicted octanol–water partition coefficient (Wildman–Crippen LogP) is 3.16. The Morgan fingerprint density at radius 3 is 2.56 bits per heavy atom. The molecule has 25 heavy (non-hydrogen) atoms. The first-order chi connectivity index (χ1) is 11.6. The lowest BCUT2D eigenvalue weighted by molar-refractivity contribution is -0.150. The van der Waals surface area contributed by atoms with Crippen molar-refractivity contribution in [1.82, 2.24) is 0 Å². The van der Waals surface area contributed by atoms with Gasteiger partial charge in [0.05, 0.1) is 19.4 Å². The third-order valence-electron chi connectivity index (χ3n) is 5.37. The van der Waals surface area contributed by atoms with Gasteiger partial charge in [-0.05, 0) is 37.2 Å². The fourth-order valence-electron chi connectivity index (χ4n) is 3.56. The van der Waals surface area contributed by atoms with Gasteiger partial charge in [-0.3, -0.25) is 9.59 Å². The van der Waals surface area contributed by atoms with Gasteiger partial charge in [0, 0.05) is 11.1 Å². The number of allylic oxidation sites excluding steroid dienone is 3. The number of methoxy groups -OCH3 is 1. The zero-order valence-electron chi connectivity index (χ0n) is 15.5. The largest absolute Gasteiger partial charge is 0.466 e. The van der Waals surface area contributed by atoms with Crippen molar-refractivity contribution in [2.24, 2.45) is 17.3 Å². The van der Waals surface area contributed by atoms with E-state index in [4.69, 9.17) is 9.47 Å². The summed E-state index contributed by atoms with van der Waals surface area (Å²) in [7, 11) is 1.33. The fraction of sp³-hybridized carbons (Fsp3) is 0.550. The van der Waals surface area contributed by atoms with E-state index in [9.17, 15) is 14.4 Å². The first-order valence-corrected chi connectivity index (χ1v) is 8.46. The average molecular weight is 346 g/mol. The summed E-state index contributed by atoms with van der Waals surface area (Å²) in [5.41, 5.74) is 1.71. The second-order valence-corrected chi connectivity index (χ2v) is 7.37. The van der Waals surface area contributed by atoms with E-state index in [1.165, 1.54) is 7.11 Å². The molecule has 0 unspecified atom stereocenters. The maximum absolute atomic E-state index is 12.6. The molecular weight excluding hydrogens is 320 g/mol. The summed E-state index contributed by atoms with van der Waals surface area (Å²) in [6, 6.07) is 0. The average Bonchev–Trinajstić information content (AvgIpc) is 2.99. The SMILES string of the molecule is C=CCC1=C(C)[C@@H](OC(=O)[C@@H]2[C@@H](/C=C(\C)C(=O)OC)C2(C)C)CC1=O. The highest BCUT2D eigenvalue weighted by Gasteiger charge is 2.62. The Labute approximate surface area is 148 Å². The van der Waals surface area contributed by atoms with E-state index >= 15 is 0 Å². The fourth-order valence-corrected chi connectivity index (χ4v) is 3.56. The Hall–Kier alpha value is -2.17. The molecule has 0 bridgehead atoms.